The van der Waals surface area contributed by atoms with Gasteiger partial charge in [-0.3, -0.25) is 4.79 Å². The van der Waals surface area contributed by atoms with Crippen molar-refractivity contribution >= 4 is 33.0 Å². The molecular formula is C17H14FN3O3S2. The van der Waals surface area contributed by atoms with Gasteiger partial charge in [0.25, 0.3) is 0 Å². The zero-order chi connectivity index (χ0) is 18.7. The van der Waals surface area contributed by atoms with Gasteiger partial charge in [0, 0.05) is 16.6 Å². The van der Waals surface area contributed by atoms with Gasteiger partial charge in [0.2, 0.25) is 15.9 Å². The number of aromatic nitrogens is 1. The van der Waals surface area contributed by atoms with Crippen molar-refractivity contribution in [2.24, 2.45) is 5.14 Å². The van der Waals surface area contributed by atoms with E-state index in [1.54, 1.807) is 23.6 Å². The quantitative estimate of drug-likeness (QED) is 0.698. The van der Waals surface area contributed by atoms with Crippen LogP contribution < -0.4 is 10.5 Å². The van der Waals surface area contributed by atoms with Crippen LogP contribution in [0.3, 0.4) is 0 Å². The molecule has 6 nitrogen and oxygen atoms in total. The zero-order valence-corrected chi connectivity index (χ0v) is 15.0. The molecule has 0 aliphatic rings. The molecule has 0 aliphatic carbocycles. The predicted molar refractivity (Wildman–Crippen MR) is 97.7 cm³/mol. The van der Waals surface area contributed by atoms with Crippen molar-refractivity contribution in [2.45, 2.75) is 11.3 Å². The first-order chi connectivity index (χ1) is 12.3. The highest BCUT2D eigenvalue weighted by molar-refractivity contribution is 7.89. The third-order valence-corrected chi connectivity index (χ3v) is 5.26. The Kier molecular flexibility index (Phi) is 5.12. The van der Waals surface area contributed by atoms with Crippen LogP contribution in [-0.2, 0) is 21.2 Å². The van der Waals surface area contributed by atoms with E-state index in [9.17, 15) is 17.6 Å². The van der Waals surface area contributed by atoms with Crippen molar-refractivity contribution in [1.29, 1.82) is 0 Å². The number of halogens is 1. The van der Waals surface area contributed by atoms with Crippen LogP contribution in [-0.4, -0.2) is 19.3 Å². The number of benzene rings is 2. The first-order valence-corrected chi connectivity index (χ1v) is 9.87. The fourth-order valence-corrected chi connectivity index (χ4v) is 3.64. The van der Waals surface area contributed by atoms with Gasteiger partial charge in [-0.25, -0.2) is 22.9 Å². The minimum Gasteiger partial charge on any atom is -0.326 e. The molecule has 0 atom stereocenters. The minimum absolute atomic E-state index is 0.00538. The van der Waals surface area contributed by atoms with Gasteiger partial charge >= 0.3 is 0 Å². The number of anilines is 1. The lowest BCUT2D eigenvalue weighted by atomic mass is 10.2. The second-order valence-electron chi connectivity index (χ2n) is 5.45. The van der Waals surface area contributed by atoms with E-state index in [1.807, 2.05) is 0 Å². The number of nitrogens with one attached hydrogen (secondary N) is 1. The molecule has 1 heterocycles. The molecule has 0 radical (unpaired) electrons. The van der Waals surface area contributed by atoms with E-state index in [1.165, 1.54) is 41.7 Å². The molecule has 3 rings (SSSR count). The Balaban J connectivity index is 1.70. The van der Waals surface area contributed by atoms with E-state index >= 15 is 0 Å². The monoisotopic (exact) mass is 391 g/mol. The van der Waals surface area contributed by atoms with E-state index in [2.05, 4.69) is 10.3 Å². The number of nitrogens with zero attached hydrogens (tertiary/aromatic N) is 1. The normalized spacial score (nSPS) is 11.3. The number of hydrogen-bond acceptors (Lipinski definition) is 5. The molecule has 0 aliphatic heterocycles. The molecule has 1 amide bonds. The highest BCUT2D eigenvalue weighted by Gasteiger charge is 2.12. The van der Waals surface area contributed by atoms with Crippen molar-refractivity contribution in [3.8, 4) is 10.6 Å². The lowest BCUT2D eigenvalue weighted by Crippen LogP contribution is -2.16. The van der Waals surface area contributed by atoms with Crippen LogP contribution >= 0.6 is 11.3 Å². The van der Waals surface area contributed by atoms with Crippen LogP contribution in [0, 0.1) is 5.82 Å². The first kappa shape index (κ1) is 18.2. The molecule has 1 aromatic heterocycles. The Bertz CT molecular complexity index is 1060. The maximum Gasteiger partial charge on any atom is 0.238 e. The summed E-state index contributed by atoms with van der Waals surface area (Å²) < 4.78 is 36.0. The lowest BCUT2D eigenvalue weighted by molar-refractivity contribution is -0.115. The molecule has 0 fully saturated rings. The van der Waals surface area contributed by atoms with Gasteiger partial charge in [0.15, 0.2) is 0 Å². The summed E-state index contributed by atoms with van der Waals surface area (Å²) in [6, 6.07) is 11.7. The summed E-state index contributed by atoms with van der Waals surface area (Å²) in [6.45, 7) is 0. The molecule has 0 bridgehead atoms. The summed E-state index contributed by atoms with van der Waals surface area (Å²) in [6.07, 6.45) is 0.00538. The SMILES string of the molecule is NS(=O)(=O)c1cccc(NC(=O)Cc2csc(-c3cccc(F)c3)n2)c1. The number of carbonyl (C=O) groups is 1. The number of sulfonamides is 1. The molecule has 0 saturated carbocycles. The summed E-state index contributed by atoms with van der Waals surface area (Å²) in [5.41, 5.74) is 1.50. The van der Waals surface area contributed by atoms with Gasteiger partial charge < -0.3 is 5.32 Å². The highest BCUT2D eigenvalue weighted by atomic mass is 32.2. The maximum absolute atomic E-state index is 13.3. The number of amides is 1. The molecule has 9 heteroatoms. The Labute approximate surface area is 153 Å². The first-order valence-electron chi connectivity index (χ1n) is 7.44. The fourth-order valence-electron chi connectivity index (χ4n) is 2.26. The Hall–Kier alpha value is -2.62. The Morgan fingerprint density at radius 3 is 2.69 bits per heavy atom. The van der Waals surface area contributed by atoms with Crippen molar-refractivity contribution in [3.63, 3.8) is 0 Å². The largest absolute Gasteiger partial charge is 0.326 e. The van der Waals surface area contributed by atoms with Crippen LogP contribution in [0.15, 0.2) is 58.8 Å². The van der Waals surface area contributed by atoms with Gasteiger partial charge in [-0.2, -0.15) is 0 Å². The molecular weight excluding hydrogens is 377 g/mol. The molecule has 0 saturated heterocycles. The minimum atomic E-state index is -3.84. The topological polar surface area (TPSA) is 102 Å². The Morgan fingerprint density at radius 1 is 1.19 bits per heavy atom. The van der Waals surface area contributed by atoms with E-state index in [0.717, 1.165) is 0 Å². The summed E-state index contributed by atoms with van der Waals surface area (Å²) in [4.78, 5) is 16.4. The lowest BCUT2D eigenvalue weighted by Gasteiger charge is -2.05. The van der Waals surface area contributed by atoms with E-state index in [0.29, 0.717) is 22.0 Å². The van der Waals surface area contributed by atoms with Crippen molar-refractivity contribution < 1.29 is 17.6 Å². The van der Waals surface area contributed by atoms with Crippen molar-refractivity contribution in [3.05, 3.63) is 65.4 Å². The molecule has 2 aromatic carbocycles. The average Bonchev–Trinajstić information content (AvgIpc) is 3.02. The molecule has 134 valence electrons. The van der Waals surface area contributed by atoms with Crippen molar-refractivity contribution in [1.82, 2.24) is 4.98 Å². The number of primary sulfonamides is 1. The van der Waals surface area contributed by atoms with Gasteiger partial charge in [-0.05, 0) is 30.3 Å². The van der Waals surface area contributed by atoms with Gasteiger partial charge in [-0.1, -0.05) is 18.2 Å². The van der Waals surface area contributed by atoms with Crippen LogP contribution in [0.25, 0.3) is 10.6 Å². The zero-order valence-electron chi connectivity index (χ0n) is 13.3. The second kappa shape index (κ2) is 7.32. The number of thiazole rings is 1. The summed E-state index contributed by atoms with van der Waals surface area (Å²) in [7, 11) is -3.84. The standard InChI is InChI=1S/C17H14FN3O3S2/c18-12-4-1-3-11(7-12)17-21-14(10-25-17)9-16(22)20-13-5-2-6-15(8-13)26(19,23)24/h1-8,10H,9H2,(H,20,22)(H2,19,23,24). The number of nitrogens with two attached hydrogens (primary N) is 1. The van der Waals surface area contributed by atoms with Gasteiger partial charge in [0.1, 0.15) is 10.8 Å². The highest BCUT2D eigenvalue weighted by Crippen LogP contribution is 2.24. The van der Waals surface area contributed by atoms with Crippen LogP contribution in [0.2, 0.25) is 0 Å². The summed E-state index contributed by atoms with van der Waals surface area (Å²) in [5, 5.41) is 10.0. The average molecular weight is 391 g/mol. The number of hydrogen-bond donors (Lipinski definition) is 2. The predicted octanol–water partition coefficient (Wildman–Crippen LogP) is 2.78. The van der Waals surface area contributed by atoms with Gasteiger partial charge in [0.05, 0.1) is 17.0 Å². The number of rotatable bonds is 5. The summed E-state index contributed by atoms with van der Waals surface area (Å²) in [5.74, 6) is -0.709. The van der Waals surface area contributed by atoms with Crippen LogP contribution in [0.5, 0.6) is 0 Å². The second-order valence-corrected chi connectivity index (χ2v) is 7.87. The van der Waals surface area contributed by atoms with Crippen molar-refractivity contribution in [2.75, 3.05) is 5.32 Å². The maximum atomic E-state index is 13.3. The van der Waals surface area contributed by atoms with E-state index < -0.39 is 10.0 Å². The Morgan fingerprint density at radius 2 is 1.96 bits per heavy atom. The molecule has 0 unspecified atom stereocenters. The third kappa shape index (κ3) is 4.51. The molecule has 3 N–H and O–H groups in total. The smallest absolute Gasteiger partial charge is 0.238 e. The molecule has 0 spiro atoms. The summed E-state index contributed by atoms with van der Waals surface area (Å²) >= 11 is 1.31. The third-order valence-electron chi connectivity index (χ3n) is 3.41. The fraction of sp³-hybridized carbons (Fsp3) is 0.0588. The number of carbonyl (C=O) groups excluding carboxylic acids is 1. The molecule has 26 heavy (non-hydrogen) atoms. The van der Waals surface area contributed by atoms with Crippen LogP contribution in [0.4, 0.5) is 10.1 Å². The van der Waals surface area contributed by atoms with Gasteiger partial charge in [-0.15, -0.1) is 11.3 Å². The van der Waals surface area contributed by atoms with Crippen LogP contribution in [0.1, 0.15) is 5.69 Å². The molecule has 3 aromatic rings. The van der Waals surface area contributed by atoms with E-state index in [4.69, 9.17) is 5.14 Å². The van der Waals surface area contributed by atoms with E-state index in [-0.39, 0.29) is 23.0 Å².